The van der Waals surface area contributed by atoms with Crippen LogP contribution in [0.5, 0.6) is 0 Å². The van der Waals surface area contributed by atoms with E-state index in [9.17, 15) is 0 Å². The topological polar surface area (TPSA) is 24.7 Å². The molecule has 0 atom stereocenters. The Kier molecular flexibility index (Phi) is 9.27. The molecule has 0 heterocycles. The number of aryl methyl sites for hydroxylation is 1. The number of hydrogen-bond acceptors (Lipinski definition) is 2. The molecule has 1 rings (SSSR count). The van der Waals surface area contributed by atoms with Crippen LogP contribution in [0.3, 0.4) is 0 Å². The lowest BCUT2D eigenvalue weighted by Crippen LogP contribution is -1.85. The average Bonchev–Trinajstić information content (AvgIpc) is 2.42. The van der Waals surface area contributed by atoms with Crippen molar-refractivity contribution in [1.29, 1.82) is 0 Å². The highest BCUT2D eigenvalue weighted by Crippen LogP contribution is 2.31. The Hall–Kier alpha value is -1.70. The maximum Gasteiger partial charge on any atom is 0.0709 e. The monoisotopic (exact) mass is 272 g/mol. The van der Waals surface area contributed by atoms with Gasteiger partial charge in [0.15, 0.2) is 0 Å². The predicted molar refractivity (Wildman–Crippen MR) is 93.3 cm³/mol. The minimum atomic E-state index is 0.988. The quantitative estimate of drug-likeness (QED) is 0.591. The van der Waals surface area contributed by atoms with Crippen LogP contribution in [0.2, 0.25) is 0 Å². The number of unbranched alkanes of at least 4 members (excludes halogenated alkanes) is 1. The molecule has 0 bridgehead atoms. The average molecular weight is 272 g/mol. The minimum absolute atomic E-state index is 0.988. The molecule has 110 valence electrons. The first-order valence-electron chi connectivity index (χ1n) is 7.25. The molecule has 0 radical (unpaired) electrons. The van der Waals surface area contributed by atoms with Crippen LogP contribution >= 0.6 is 0 Å². The fraction of sp³-hybridized carbons (Fsp3) is 0.444. The van der Waals surface area contributed by atoms with Crippen molar-refractivity contribution >= 4 is 23.3 Å². The van der Waals surface area contributed by atoms with Crippen molar-refractivity contribution in [2.45, 2.75) is 54.4 Å². The second-order valence-electron chi connectivity index (χ2n) is 4.95. The predicted octanol–water partition coefficient (Wildman–Crippen LogP) is 6.11. The molecule has 0 spiro atoms. The molecule has 2 heteroatoms. The van der Waals surface area contributed by atoms with Gasteiger partial charge in [-0.2, -0.15) is 0 Å². The van der Waals surface area contributed by atoms with Crippen molar-refractivity contribution in [2.24, 2.45) is 9.98 Å². The van der Waals surface area contributed by atoms with E-state index in [2.05, 4.69) is 37.3 Å². The number of benzene rings is 1. The molecule has 1 aromatic carbocycles. The van der Waals surface area contributed by atoms with Gasteiger partial charge in [-0.3, -0.25) is 9.98 Å². The third kappa shape index (κ3) is 6.46. The summed E-state index contributed by atoms with van der Waals surface area (Å²) in [6.07, 6.45) is 6.03. The van der Waals surface area contributed by atoms with Crippen LogP contribution in [0, 0.1) is 13.8 Å². The summed E-state index contributed by atoms with van der Waals surface area (Å²) in [5, 5.41) is 0. The molecule has 1 aromatic rings. The molecule has 0 aromatic heterocycles. The van der Waals surface area contributed by atoms with Crippen LogP contribution in [0.25, 0.3) is 0 Å². The summed E-state index contributed by atoms with van der Waals surface area (Å²) >= 11 is 0. The molecule has 0 aliphatic carbocycles. The van der Waals surface area contributed by atoms with E-state index in [0.717, 1.165) is 28.2 Å². The zero-order chi connectivity index (χ0) is 15.5. The van der Waals surface area contributed by atoms with Crippen LogP contribution in [-0.2, 0) is 0 Å². The summed E-state index contributed by atoms with van der Waals surface area (Å²) in [7, 11) is 0. The molecule has 0 saturated heterocycles. The van der Waals surface area contributed by atoms with Crippen LogP contribution in [0.1, 0.15) is 51.7 Å². The molecule has 0 saturated carbocycles. The van der Waals surface area contributed by atoms with E-state index in [-0.39, 0.29) is 0 Å². The minimum Gasteiger partial charge on any atom is -0.258 e. The number of aliphatic imine (C=N–C) groups is 2. The molecule has 2 nitrogen and oxygen atoms in total. The third-order valence-corrected chi connectivity index (χ3v) is 2.76. The molecule has 20 heavy (non-hydrogen) atoms. The van der Waals surface area contributed by atoms with Gasteiger partial charge in [0.1, 0.15) is 0 Å². The van der Waals surface area contributed by atoms with Crippen LogP contribution in [0.15, 0.2) is 34.8 Å². The van der Waals surface area contributed by atoms with E-state index in [4.69, 9.17) is 0 Å². The molecular weight excluding hydrogens is 244 g/mol. The van der Waals surface area contributed by atoms with Crippen LogP contribution < -0.4 is 0 Å². The van der Waals surface area contributed by atoms with Gasteiger partial charge in [0.25, 0.3) is 0 Å². The molecule has 0 unspecified atom stereocenters. The van der Waals surface area contributed by atoms with Crippen molar-refractivity contribution in [3.63, 3.8) is 0 Å². The van der Waals surface area contributed by atoms with Crippen molar-refractivity contribution in [2.75, 3.05) is 0 Å². The molecule has 0 amide bonds. The summed E-state index contributed by atoms with van der Waals surface area (Å²) in [4.78, 5) is 8.87. The van der Waals surface area contributed by atoms with Crippen LogP contribution in [-0.4, -0.2) is 11.9 Å². The standard InChI is InChI=1S/C14H18N2.C4H10/c1-6-9-15-14-11(4)7-8-13(12(14)5)16-10(2)3;1-3-4-2/h6-9H,1H2,2-5H3;3-4H2,1-2H3. The van der Waals surface area contributed by atoms with Crippen molar-refractivity contribution in [3.8, 4) is 0 Å². The highest BCUT2D eigenvalue weighted by molar-refractivity contribution is 5.84. The summed E-state index contributed by atoms with van der Waals surface area (Å²) in [5.74, 6) is 0. The summed E-state index contributed by atoms with van der Waals surface area (Å²) in [6, 6.07) is 4.08. The first-order chi connectivity index (χ1) is 9.47. The molecule has 0 fully saturated rings. The fourth-order valence-electron chi connectivity index (χ4n) is 1.51. The Morgan fingerprint density at radius 1 is 1.15 bits per heavy atom. The lowest BCUT2D eigenvalue weighted by Gasteiger charge is -2.07. The summed E-state index contributed by atoms with van der Waals surface area (Å²) < 4.78 is 0. The Morgan fingerprint density at radius 3 is 2.20 bits per heavy atom. The smallest absolute Gasteiger partial charge is 0.0709 e. The van der Waals surface area contributed by atoms with Gasteiger partial charge in [-0.05, 0) is 39.3 Å². The Morgan fingerprint density at radius 2 is 1.75 bits per heavy atom. The van der Waals surface area contributed by atoms with E-state index in [1.54, 1.807) is 12.3 Å². The van der Waals surface area contributed by atoms with Gasteiger partial charge >= 0.3 is 0 Å². The highest BCUT2D eigenvalue weighted by Gasteiger charge is 2.05. The van der Waals surface area contributed by atoms with E-state index in [0.29, 0.717) is 0 Å². The fourth-order valence-corrected chi connectivity index (χ4v) is 1.51. The Labute approximate surface area is 124 Å². The van der Waals surface area contributed by atoms with E-state index in [1.165, 1.54) is 12.8 Å². The van der Waals surface area contributed by atoms with Crippen molar-refractivity contribution < 1.29 is 0 Å². The van der Waals surface area contributed by atoms with Gasteiger partial charge in [-0.15, -0.1) is 0 Å². The van der Waals surface area contributed by atoms with E-state index >= 15 is 0 Å². The number of nitrogens with zero attached hydrogens (tertiary/aromatic N) is 2. The first-order valence-corrected chi connectivity index (χ1v) is 7.25. The summed E-state index contributed by atoms with van der Waals surface area (Å²) in [6.45, 7) is 16.1. The van der Waals surface area contributed by atoms with Crippen molar-refractivity contribution in [1.82, 2.24) is 0 Å². The highest BCUT2D eigenvalue weighted by atomic mass is 14.8. The maximum atomic E-state index is 4.49. The van der Waals surface area contributed by atoms with Gasteiger partial charge < -0.3 is 0 Å². The van der Waals surface area contributed by atoms with Gasteiger partial charge in [0, 0.05) is 17.5 Å². The van der Waals surface area contributed by atoms with Gasteiger partial charge in [0.05, 0.1) is 11.4 Å². The normalized spacial score (nSPS) is 9.90. The number of hydrogen-bond donors (Lipinski definition) is 0. The van der Waals surface area contributed by atoms with Gasteiger partial charge in [-0.1, -0.05) is 45.4 Å². The Bertz CT molecular complexity index is 476. The second kappa shape index (κ2) is 10.1. The lowest BCUT2D eigenvalue weighted by atomic mass is 10.1. The van der Waals surface area contributed by atoms with E-state index in [1.807, 2.05) is 32.9 Å². The van der Waals surface area contributed by atoms with Crippen LogP contribution in [0.4, 0.5) is 11.4 Å². The second-order valence-corrected chi connectivity index (χ2v) is 4.95. The Balaban J connectivity index is 0.000000796. The van der Waals surface area contributed by atoms with Crippen molar-refractivity contribution in [3.05, 3.63) is 35.9 Å². The molecule has 0 aliphatic heterocycles. The first kappa shape index (κ1) is 18.3. The molecular formula is C18H28N2. The largest absolute Gasteiger partial charge is 0.258 e. The third-order valence-electron chi connectivity index (χ3n) is 2.76. The number of allylic oxidation sites excluding steroid dienone is 1. The zero-order valence-corrected chi connectivity index (χ0v) is 13.8. The summed E-state index contributed by atoms with van der Waals surface area (Å²) in [5.41, 5.74) is 5.29. The lowest BCUT2D eigenvalue weighted by molar-refractivity contribution is 0.886. The number of rotatable bonds is 4. The van der Waals surface area contributed by atoms with E-state index < -0.39 is 0 Å². The molecule has 0 N–H and O–H groups in total. The molecule has 0 aliphatic rings. The zero-order valence-electron chi connectivity index (χ0n) is 13.8. The SMILES string of the molecule is C=CC=Nc1c(C)ccc(N=C(C)C)c1C.CCCC. The van der Waals surface area contributed by atoms with Gasteiger partial charge in [0.2, 0.25) is 0 Å². The maximum absolute atomic E-state index is 4.49. The van der Waals surface area contributed by atoms with Gasteiger partial charge in [-0.25, -0.2) is 0 Å².